The molecule has 0 N–H and O–H groups in total. The van der Waals surface area contributed by atoms with E-state index in [1.54, 1.807) is 10.4 Å². The fourth-order valence-corrected chi connectivity index (χ4v) is 6.05. The van der Waals surface area contributed by atoms with Crippen molar-refractivity contribution in [3.8, 4) is 0 Å². The molecule has 2 heterocycles. The van der Waals surface area contributed by atoms with Gasteiger partial charge in [0, 0.05) is 16.5 Å². The van der Waals surface area contributed by atoms with Crippen molar-refractivity contribution in [2.75, 3.05) is 4.31 Å². The molecule has 4 rings (SSSR count). The van der Waals surface area contributed by atoms with Crippen LogP contribution >= 0.6 is 15.9 Å². The monoisotopic (exact) mass is 396 g/mol. The Bertz CT molecular complexity index is 820. The third-order valence-corrected chi connectivity index (χ3v) is 7.00. The maximum absolute atomic E-state index is 13.0. The second-order valence-corrected chi connectivity index (χ2v) is 8.97. The van der Waals surface area contributed by atoms with Crippen molar-refractivity contribution in [1.29, 1.82) is 0 Å². The largest absolute Gasteiger partial charge is 0.364 e. The van der Waals surface area contributed by atoms with E-state index in [4.69, 9.17) is 4.52 Å². The Labute approximate surface area is 143 Å². The molecule has 1 aliphatic carbocycles. The zero-order valence-electron chi connectivity index (χ0n) is 12.5. The van der Waals surface area contributed by atoms with Gasteiger partial charge in [-0.05, 0) is 36.6 Å². The van der Waals surface area contributed by atoms with E-state index in [1.165, 1.54) is 6.26 Å². The lowest BCUT2D eigenvalue weighted by Crippen LogP contribution is -2.41. The molecule has 1 fully saturated rings. The summed E-state index contributed by atoms with van der Waals surface area (Å²) in [7, 11) is -3.48. The molecule has 122 valence electrons. The molecule has 0 radical (unpaired) electrons. The lowest BCUT2D eigenvalue weighted by molar-refractivity contribution is 0.403. The van der Waals surface area contributed by atoms with Crippen LogP contribution in [-0.2, 0) is 15.8 Å². The van der Waals surface area contributed by atoms with Crippen LogP contribution < -0.4 is 4.31 Å². The molecule has 0 unspecified atom stereocenters. The highest BCUT2D eigenvalue weighted by Crippen LogP contribution is 2.50. The Morgan fingerprint density at radius 2 is 2.09 bits per heavy atom. The minimum absolute atomic E-state index is 0.0324. The van der Waals surface area contributed by atoms with Crippen LogP contribution in [0, 0.1) is 0 Å². The number of rotatable bonds is 3. The summed E-state index contributed by atoms with van der Waals surface area (Å²) in [6, 6.07) is 7.54. The highest BCUT2D eigenvalue weighted by Gasteiger charge is 2.45. The van der Waals surface area contributed by atoms with Crippen molar-refractivity contribution in [3.63, 3.8) is 0 Å². The van der Waals surface area contributed by atoms with E-state index < -0.39 is 10.0 Å². The zero-order valence-corrected chi connectivity index (χ0v) is 14.9. The summed E-state index contributed by atoms with van der Waals surface area (Å²) in [5.41, 5.74) is 2.42. The van der Waals surface area contributed by atoms with Gasteiger partial charge in [0.05, 0.1) is 11.7 Å². The molecule has 2 aliphatic rings. The topological polar surface area (TPSA) is 63.4 Å². The van der Waals surface area contributed by atoms with Crippen LogP contribution in [0.2, 0.25) is 0 Å². The van der Waals surface area contributed by atoms with Gasteiger partial charge in [-0.3, -0.25) is 4.31 Å². The number of halogens is 1. The number of nitrogens with zero attached hydrogens (tertiary/aromatic N) is 2. The van der Waals surface area contributed by atoms with E-state index in [0.717, 1.165) is 41.4 Å². The van der Waals surface area contributed by atoms with Gasteiger partial charge in [0.15, 0.2) is 0 Å². The Balaban J connectivity index is 1.78. The third-order valence-electron chi connectivity index (χ3n) is 4.78. The fraction of sp³-hybridized carbons (Fsp3) is 0.438. The first-order valence-electron chi connectivity index (χ1n) is 7.77. The van der Waals surface area contributed by atoms with Crippen LogP contribution in [0.25, 0.3) is 0 Å². The molecule has 1 aromatic heterocycles. The predicted molar refractivity (Wildman–Crippen MR) is 90.7 cm³/mol. The highest BCUT2D eigenvalue weighted by molar-refractivity contribution is 9.10. The predicted octanol–water partition coefficient (Wildman–Crippen LogP) is 3.81. The molecule has 0 saturated heterocycles. The van der Waals surface area contributed by atoms with Gasteiger partial charge in [0.2, 0.25) is 10.0 Å². The molecule has 0 spiro atoms. The number of benzene rings is 1. The van der Waals surface area contributed by atoms with Crippen molar-refractivity contribution < 1.29 is 12.9 Å². The van der Waals surface area contributed by atoms with Gasteiger partial charge < -0.3 is 4.52 Å². The summed E-state index contributed by atoms with van der Waals surface area (Å²) in [4.78, 5) is 0. The number of fused-ring (bicyclic) bond motifs is 3. The summed E-state index contributed by atoms with van der Waals surface area (Å²) < 4.78 is 33.5. The minimum Gasteiger partial charge on any atom is -0.364 e. The first kappa shape index (κ1) is 15.2. The summed E-state index contributed by atoms with van der Waals surface area (Å²) in [6.45, 7) is 0. The smallest absolute Gasteiger partial charge is 0.241 e. The number of hydrogen-bond donors (Lipinski definition) is 0. The molecule has 7 heteroatoms. The van der Waals surface area contributed by atoms with Crippen LogP contribution in [0.15, 0.2) is 39.5 Å². The molecular weight excluding hydrogens is 380 g/mol. The molecule has 2 aromatic rings. The number of anilines is 1. The van der Waals surface area contributed by atoms with Gasteiger partial charge in [0.25, 0.3) is 0 Å². The summed E-state index contributed by atoms with van der Waals surface area (Å²) in [5.74, 6) is 0.172. The normalized spacial score (nSPS) is 23.6. The molecule has 0 amide bonds. The van der Waals surface area contributed by atoms with E-state index in [2.05, 4.69) is 27.2 Å². The van der Waals surface area contributed by atoms with Crippen molar-refractivity contribution in [3.05, 3.63) is 46.3 Å². The number of sulfonamides is 1. The lowest BCUT2D eigenvalue weighted by Gasteiger charge is -2.32. The van der Waals surface area contributed by atoms with Crippen LogP contribution in [-0.4, -0.2) is 19.6 Å². The minimum atomic E-state index is -3.48. The van der Waals surface area contributed by atoms with Gasteiger partial charge in [-0.1, -0.05) is 33.9 Å². The number of hydrogen-bond acceptors (Lipinski definition) is 4. The van der Waals surface area contributed by atoms with Gasteiger partial charge in [0.1, 0.15) is 17.7 Å². The second-order valence-electron chi connectivity index (χ2n) is 6.20. The Hall–Kier alpha value is -1.34. The molecule has 5 nitrogen and oxygen atoms in total. The van der Waals surface area contributed by atoms with Crippen LogP contribution in [0.3, 0.4) is 0 Å². The van der Waals surface area contributed by atoms with E-state index in [-0.39, 0.29) is 11.8 Å². The SMILES string of the molecule is O=S(=O)(Cc1ccon1)N1c2ccc(Br)cc2[C@@H]2CCCC[C@@H]21. The Kier molecular flexibility index (Phi) is 3.72. The first-order chi connectivity index (χ1) is 11.1. The maximum atomic E-state index is 13.0. The lowest BCUT2D eigenvalue weighted by atomic mass is 9.83. The molecule has 0 bridgehead atoms. The summed E-state index contributed by atoms with van der Waals surface area (Å²) >= 11 is 3.51. The van der Waals surface area contributed by atoms with Crippen LogP contribution in [0.1, 0.15) is 42.9 Å². The average molecular weight is 397 g/mol. The highest BCUT2D eigenvalue weighted by atomic mass is 79.9. The number of aromatic nitrogens is 1. The van der Waals surface area contributed by atoms with Crippen LogP contribution in [0.4, 0.5) is 5.69 Å². The molecule has 23 heavy (non-hydrogen) atoms. The quantitative estimate of drug-likeness (QED) is 0.790. The van der Waals surface area contributed by atoms with Crippen LogP contribution in [0.5, 0.6) is 0 Å². The average Bonchev–Trinajstić information content (AvgIpc) is 3.12. The van der Waals surface area contributed by atoms with E-state index in [1.807, 2.05) is 12.1 Å². The van der Waals surface area contributed by atoms with Crippen molar-refractivity contribution >= 4 is 31.6 Å². The van der Waals surface area contributed by atoms with Crippen molar-refractivity contribution in [2.24, 2.45) is 0 Å². The van der Waals surface area contributed by atoms with E-state index in [0.29, 0.717) is 11.6 Å². The van der Waals surface area contributed by atoms with Gasteiger partial charge >= 0.3 is 0 Å². The van der Waals surface area contributed by atoms with Gasteiger partial charge in [-0.15, -0.1) is 0 Å². The van der Waals surface area contributed by atoms with Gasteiger partial charge in [-0.25, -0.2) is 8.42 Å². The van der Waals surface area contributed by atoms with Crippen molar-refractivity contribution in [1.82, 2.24) is 5.16 Å². The summed E-state index contributed by atoms with van der Waals surface area (Å²) in [5, 5.41) is 3.76. The zero-order chi connectivity index (χ0) is 16.0. The fourth-order valence-electron chi connectivity index (χ4n) is 3.88. The van der Waals surface area contributed by atoms with E-state index >= 15 is 0 Å². The molecule has 1 saturated carbocycles. The Morgan fingerprint density at radius 3 is 2.87 bits per heavy atom. The molecular formula is C16H17BrN2O3S. The first-order valence-corrected chi connectivity index (χ1v) is 10.2. The van der Waals surface area contributed by atoms with E-state index in [9.17, 15) is 8.42 Å². The molecule has 2 atom stereocenters. The Morgan fingerprint density at radius 1 is 1.26 bits per heavy atom. The van der Waals surface area contributed by atoms with Gasteiger partial charge in [-0.2, -0.15) is 0 Å². The molecule has 1 aliphatic heterocycles. The maximum Gasteiger partial charge on any atom is 0.241 e. The molecule has 1 aromatic carbocycles. The second kappa shape index (κ2) is 5.63. The third kappa shape index (κ3) is 2.59. The summed E-state index contributed by atoms with van der Waals surface area (Å²) in [6.07, 6.45) is 5.60. The van der Waals surface area contributed by atoms with Crippen molar-refractivity contribution in [2.45, 2.75) is 43.4 Å². The standard InChI is InChI=1S/C16H17BrN2O3S/c17-11-5-6-16-14(9-11)13-3-1-2-4-15(13)19(16)23(20,21)10-12-7-8-22-18-12/h5-9,13,15H,1-4,10H2/t13-,15-/m0/s1.